The van der Waals surface area contributed by atoms with Crippen LogP contribution in [0, 0.1) is 5.82 Å². The zero-order valence-electron chi connectivity index (χ0n) is 15.0. The van der Waals surface area contributed by atoms with Crippen molar-refractivity contribution in [1.82, 2.24) is 15.1 Å². The molecular weight excluding hydrogens is 309 g/mol. The summed E-state index contributed by atoms with van der Waals surface area (Å²) in [6.45, 7) is 10.0. The minimum absolute atomic E-state index is 0.0793. The van der Waals surface area contributed by atoms with E-state index in [9.17, 15) is 9.18 Å². The molecule has 0 aliphatic carbocycles. The first-order chi connectivity index (χ1) is 11.4. The Kier molecular flexibility index (Phi) is 6.57. The van der Waals surface area contributed by atoms with Gasteiger partial charge in [-0.1, -0.05) is 6.07 Å². The smallest absolute Gasteiger partial charge is 0.237 e. The van der Waals surface area contributed by atoms with Gasteiger partial charge in [-0.25, -0.2) is 4.39 Å². The highest BCUT2D eigenvalue weighted by Crippen LogP contribution is 2.19. The Morgan fingerprint density at radius 1 is 1.25 bits per heavy atom. The highest BCUT2D eigenvalue weighted by Gasteiger charge is 2.25. The zero-order chi connectivity index (χ0) is 17.7. The van der Waals surface area contributed by atoms with Crippen LogP contribution in [0.4, 0.5) is 4.39 Å². The Bertz CT molecular complexity index is 557. The Balaban J connectivity index is 1.84. The van der Waals surface area contributed by atoms with Gasteiger partial charge < -0.3 is 10.1 Å². The van der Waals surface area contributed by atoms with Crippen molar-refractivity contribution in [2.45, 2.75) is 39.4 Å². The average Bonchev–Trinajstić information content (AvgIpc) is 2.54. The molecule has 0 spiro atoms. The number of piperazine rings is 1. The Labute approximate surface area is 143 Å². The number of benzene rings is 1. The summed E-state index contributed by atoms with van der Waals surface area (Å²) in [4.78, 5) is 16.6. The van der Waals surface area contributed by atoms with Crippen LogP contribution in [0.1, 0.15) is 26.3 Å². The molecule has 0 radical (unpaired) electrons. The third-order valence-electron chi connectivity index (χ3n) is 4.39. The van der Waals surface area contributed by atoms with Crippen molar-refractivity contribution in [2.24, 2.45) is 0 Å². The van der Waals surface area contributed by atoms with Gasteiger partial charge in [-0.15, -0.1) is 0 Å². The van der Waals surface area contributed by atoms with E-state index in [-0.39, 0.29) is 29.6 Å². The lowest BCUT2D eigenvalue weighted by molar-refractivity contribution is -0.127. The number of rotatable bonds is 6. The number of carbonyl (C=O) groups is 1. The van der Waals surface area contributed by atoms with E-state index in [4.69, 9.17) is 4.74 Å². The van der Waals surface area contributed by atoms with Gasteiger partial charge in [0.25, 0.3) is 0 Å². The summed E-state index contributed by atoms with van der Waals surface area (Å²) in [5.74, 6) is 0.0249. The van der Waals surface area contributed by atoms with Crippen molar-refractivity contribution in [3.63, 3.8) is 0 Å². The summed E-state index contributed by atoms with van der Waals surface area (Å²) in [5, 5.41) is 2.96. The van der Waals surface area contributed by atoms with Crippen molar-refractivity contribution in [3.05, 3.63) is 29.6 Å². The van der Waals surface area contributed by atoms with E-state index >= 15 is 0 Å². The van der Waals surface area contributed by atoms with Gasteiger partial charge >= 0.3 is 0 Å². The van der Waals surface area contributed by atoms with Gasteiger partial charge in [0.1, 0.15) is 0 Å². The summed E-state index contributed by atoms with van der Waals surface area (Å²) in [7, 11) is 1.47. The van der Waals surface area contributed by atoms with E-state index in [0.717, 1.165) is 31.7 Å². The van der Waals surface area contributed by atoms with Gasteiger partial charge in [-0.2, -0.15) is 0 Å². The zero-order valence-corrected chi connectivity index (χ0v) is 15.0. The molecule has 1 aliphatic heterocycles. The molecular formula is C18H28FN3O2. The van der Waals surface area contributed by atoms with E-state index in [2.05, 4.69) is 15.1 Å². The molecule has 0 bridgehead atoms. The number of hydrogen-bond donors (Lipinski definition) is 1. The van der Waals surface area contributed by atoms with E-state index in [1.807, 2.05) is 26.8 Å². The molecule has 1 atom stereocenters. The van der Waals surface area contributed by atoms with Crippen molar-refractivity contribution in [3.8, 4) is 5.75 Å². The van der Waals surface area contributed by atoms with Crippen LogP contribution < -0.4 is 10.1 Å². The monoisotopic (exact) mass is 337 g/mol. The Morgan fingerprint density at radius 2 is 1.92 bits per heavy atom. The average molecular weight is 337 g/mol. The van der Waals surface area contributed by atoms with Gasteiger partial charge in [0, 0.05) is 38.8 Å². The minimum atomic E-state index is -0.326. The number of halogens is 1. The van der Waals surface area contributed by atoms with Crippen LogP contribution in [0.5, 0.6) is 5.75 Å². The first-order valence-electron chi connectivity index (χ1n) is 8.50. The van der Waals surface area contributed by atoms with Gasteiger partial charge in [0.05, 0.1) is 13.2 Å². The highest BCUT2D eigenvalue weighted by atomic mass is 19.1. The van der Waals surface area contributed by atoms with Crippen molar-refractivity contribution in [1.29, 1.82) is 0 Å². The lowest BCUT2D eigenvalue weighted by Crippen LogP contribution is -2.54. The topological polar surface area (TPSA) is 44.8 Å². The maximum atomic E-state index is 13.8. The van der Waals surface area contributed by atoms with Crippen LogP contribution in [0.2, 0.25) is 0 Å². The number of nitrogens with zero attached hydrogens (tertiary/aromatic N) is 2. The quantitative estimate of drug-likeness (QED) is 0.861. The molecule has 5 nitrogen and oxygen atoms in total. The molecule has 2 rings (SSSR count). The standard InChI is InChI=1S/C18H28FN3O2/c1-13(2)20-18(23)14(3)22-9-7-21(8-10-22)12-15-5-6-17(24-4)16(19)11-15/h5-6,11,13-14H,7-10,12H2,1-4H3,(H,20,23). The lowest BCUT2D eigenvalue weighted by Gasteiger charge is -2.37. The summed E-state index contributed by atoms with van der Waals surface area (Å²) in [6.07, 6.45) is 0. The molecule has 1 aromatic rings. The molecule has 1 aliphatic rings. The summed E-state index contributed by atoms with van der Waals surface area (Å²) >= 11 is 0. The molecule has 1 heterocycles. The number of nitrogens with one attached hydrogen (secondary N) is 1. The fourth-order valence-electron chi connectivity index (χ4n) is 2.95. The number of methoxy groups -OCH3 is 1. The van der Waals surface area contributed by atoms with Gasteiger partial charge in [0.2, 0.25) is 5.91 Å². The van der Waals surface area contributed by atoms with Gasteiger partial charge in [-0.05, 0) is 38.5 Å². The normalized spacial score (nSPS) is 17.8. The maximum absolute atomic E-state index is 13.8. The number of hydrogen-bond acceptors (Lipinski definition) is 4. The second-order valence-electron chi connectivity index (χ2n) is 6.62. The van der Waals surface area contributed by atoms with Crippen LogP contribution in [-0.2, 0) is 11.3 Å². The van der Waals surface area contributed by atoms with Crippen LogP contribution in [0.15, 0.2) is 18.2 Å². The largest absolute Gasteiger partial charge is 0.494 e. The number of amides is 1. The van der Waals surface area contributed by atoms with E-state index in [0.29, 0.717) is 6.54 Å². The van der Waals surface area contributed by atoms with Gasteiger partial charge in [-0.3, -0.25) is 14.6 Å². The molecule has 1 saturated heterocycles. The van der Waals surface area contributed by atoms with Crippen molar-refractivity contribution >= 4 is 5.91 Å². The molecule has 1 aromatic carbocycles. The van der Waals surface area contributed by atoms with Crippen molar-refractivity contribution < 1.29 is 13.9 Å². The van der Waals surface area contributed by atoms with Gasteiger partial charge in [0.15, 0.2) is 11.6 Å². The summed E-state index contributed by atoms with van der Waals surface area (Å²) in [5.41, 5.74) is 0.937. The van der Waals surface area contributed by atoms with Crippen LogP contribution >= 0.6 is 0 Å². The molecule has 1 unspecified atom stereocenters. The van der Waals surface area contributed by atoms with Crippen LogP contribution in [-0.4, -0.2) is 61.1 Å². The predicted octanol–water partition coefficient (Wildman–Crippen LogP) is 1.86. The first kappa shape index (κ1) is 18.7. The first-order valence-corrected chi connectivity index (χ1v) is 8.50. The fourth-order valence-corrected chi connectivity index (χ4v) is 2.95. The summed E-state index contributed by atoms with van der Waals surface area (Å²) in [6, 6.07) is 5.13. The lowest BCUT2D eigenvalue weighted by atomic mass is 10.1. The molecule has 134 valence electrons. The molecule has 1 fully saturated rings. The van der Waals surface area contributed by atoms with E-state index in [1.165, 1.54) is 13.2 Å². The third-order valence-corrected chi connectivity index (χ3v) is 4.39. The second-order valence-corrected chi connectivity index (χ2v) is 6.62. The molecule has 0 aromatic heterocycles. The molecule has 1 amide bonds. The fraction of sp³-hybridized carbons (Fsp3) is 0.611. The Morgan fingerprint density at radius 3 is 2.46 bits per heavy atom. The molecule has 1 N–H and O–H groups in total. The Hall–Kier alpha value is -1.66. The third kappa shape index (κ3) is 4.92. The van der Waals surface area contributed by atoms with E-state index in [1.54, 1.807) is 6.07 Å². The molecule has 0 saturated carbocycles. The second kappa shape index (κ2) is 8.44. The van der Waals surface area contributed by atoms with Crippen LogP contribution in [0.25, 0.3) is 0 Å². The number of carbonyl (C=O) groups excluding carboxylic acids is 1. The SMILES string of the molecule is COc1ccc(CN2CCN(C(C)C(=O)NC(C)C)CC2)cc1F. The predicted molar refractivity (Wildman–Crippen MR) is 92.5 cm³/mol. The molecule has 6 heteroatoms. The van der Waals surface area contributed by atoms with Crippen molar-refractivity contribution in [2.75, 3.05) is 33.3 Å². The minimum Gasteiger partial charge on any atom is -0.494 e. The maximum Gasteiger partial charge on any atom is 0.237 e. The summed E-state index contributed by atoms with van der Waals surface area (Å²) < 4.78 is 18.7. The van der Waals surface area contributed by atoms with Crippen LogP contribution in [0.3, 0.4) is 0 Å². The number of ether oxygens (including phenoxy) is 1. The molecule has 24 heavy (non-hydrogen) atoms. The van der Waals surface area contributed by atoms with E-state index < -0.39 is 0 Å². The highest BCUT2D eigenvalue weighted by molar-refractivity contribution is 5.81.